The van der Waals surface area contributed by atoms with Gasteiger partial charge in [-0.25, -0.2) is 9.97 Å². The third-order valence-corrected chi connectivity index (χ3v) is 9.24. The Kier molecular flexibility index (Phi) is 22.1. The van der Waals surface area contributed by atoms with Crippen molar-refractivity contribution in [3.05, 3.63) is 71.0 Å². The van der Waals surface area contributed by atoms with E-state index in [9.17, 15) is 19.6 Å². The number of carbonyl (C=O) groups is 3. The summed E-state index contributed by atoms with van der Waals surface area (Å²) in [6.07, 6.45) is 10.1. The number of aromatic amines is 1. The monoisotopic (exact) mass is 806 g/mol. The number of ether oxygens (including phenoxy) is 2. The van der Waals surface area contributed by atoms with E-state index in [1.165, 1.54) is 38.5 Å². The fraction of sp³-hybridized carbons (Fsp3) is 0.462. The number of ketones is 1. The number of nitrogens with one attached hydrogen (secondary N) is 1. The van der Waals surface area contributed by atoms with Crippen LogP contribution in [-0.4, -0.2) is 64.3 Å². The molecule has 5 rings (SSSR count). The first-order chi connectivity index (χ1) is 24.7. The van der Waals surface area contributed by atoms with Gasteiger partial charge in [0.2, 0.25) is 0 Å². The zero-order valence-electron chi connectivity index (χ0n) is 31.8. The number of nitriles is 1. The Balaban J connectivity index is 0.000000839. The van der Waals surface area contributed by atoms with Gasteiger partial charge in [-0.05, 0) is 30.7 Å². The van der Waals surface area contributed by atoms with E-state index in [0.717, 1.165) is 36.0 Å². The molecular formula is C39H53N6O5SY-. The molecule has 0 bridgehead atoms. The number of nitrogens with two attached hydrogens (primary N) is 1. The van der Waals surface area contributed by atoms with Gasteiger partial charge in [-0.15, -0.1) is 11.3 Å². The van der Waals surface area contributed by atoms with Crippen LogP contribution in [0, 0.1) is 23.4 Å². The molecule has 52 heavy (non-hydrogen) atoms. The van der Waals surface area contributed by atoms with Crippen LogP contribution in [0.4, 0.5) is 0 Å². The summed E-state index contributed by atoms with van der Waals surface area (Å²) in [5.41, 5.74) is 7.36. The number of primary amides is 1. The second-order valence-corrected chi connectivity index (χ2v) is 12.3. The third-order valence-electron chi connectivity index (χ3n) is 8.22. The number of nitrogens with zero attached hydrogens (tertiary/aromatic N) is 4. The van der Waals surface area contributed by atoms with Crippen molar-refractivity contribution in [2.75, 3.05) is 26.8 Å². The van der Waals surface area contributed by atoms with E-state index in [1.54, 1.807) is 4.90 Å². The fourth-order valence-corrected chi connectivity index (χ4v) is 6.18. The molecule has 13 heteroatoms. The molecule has 4 heterocycles. The van der Waals surface area contributed by atoms with Gasteiger partial charge in [-0.1, -0.05) is 78.3 Å². The predicted octanol–water partition coefficient (Wildman–Crippen LogP) is 8.34. The van der Waals surface area contributed by atoms with Crippen LogP contribution in [0.25, 0.3) is 21.6 Å². The maximum atomic E-state index is 13.4. The Morgan fingerprint density at radius 3 is 2.29 bits per heavy atom. The second-order valence-electron chi connectivity index (χ2n) is 11.3. The Bertz CT molecular complexity index is 1710. The van der Waals surface area contributed by atoms with E-state index in [1.807, 2.05) is 65.0 Å². The van der Waals surface area contributed by atoms with Gasteiger partial charge in [0.15, 0.2) is 0 Å². The van der Waals surface area contributed by atoms with Crippen molar-refractivity contribution in [3.8, 4) is 22.5 Å². The molecule has 0 spiro atoms. The van der Waals surface area contributed by atoms with Crippen LogP contribution in [0.5, 0.6) is 5.75 Å². The second kappa shape index (κ2) is 24.7. The molecule has 1 atom stereocenters. The van der Waals surface area contributed by atoms with E-state index >= 15 is 0 Å². The molecule has 1 fully saturated rings. The van der Waals surface area contributed by atoms with Crippen LogP contribution in [0.15, 0.2) is 48.9 Å². The Morgan fingerprint density at radius 1 is 1.10 bits per heavy atom. The average molecular weight is 807 g/mol. The number of hydrogen-bond acceptors (Lipinski definition) is 9. The van der Waals surface area contributed by atoms with Gasteiger partial charge < -0.3 is 25.1 Å². The molecule has 11 nitrogen and oxygen atoms in total. The summed E-state index contributed by atoms with van der Waals surface area (Å²) < 4.78 is 10.8. The van der Waals surface area contributed by atoms with Crippen molar-refractivity contribution in [2.24, 2.45) is 11.7 Å². The minimum atomic E-state index is -0.665. The van der Waals surface area contributed by atoms with E-state index in [2.05, 4.69) is 34.9 Å². The minimum Gasteiger partial charge on any atom is -0.549 e. The van der Waals surface area contributed by atoms with Gasteiger partial charge in [0, 0.05) is 58.6 Å². The smallest absolute Gasteiger partial charge is 0.295 e. The Hall–Kier alpha value is -3.50. The number of pyridine rings is 1. The molecule has 1 aromatic carbocycles. The van der Waals surface area contributed by atoms with Gasteiger partial charge in [0.25, 0.3) is 17.6 Å². The van der Waals surface area contributed by atoms with Crippen LogP contribution in [0.1, 0.15) is 112 Å². The van der Waals surface area contributed by atoms with Gasteiger partial charge in [-0.2, -0.15) is 24.7 Å². The van der Waals surface area contributed by atoms with Gasteiger partial charge in [0.05, 0.1) is 48.0 Å². The van der Waals surface area contributed by atoms with Gasteiger partial charge >= 0.3 is 0 Å². The molecule has 1 radical (unpaired) electrons. The number of aromatic nitrogens is 3. The number of methoxy groups -OCH3 is 1. The Labute approximate surface area is 338 Å². The summed E-state index contributed by atoms with van der Waals surface area (Å²) in [4.78, 5) is 51.7. The summed E-state index contributed by atoms with van der Waals surface area (Å²) in [5.74, 6) is -1.70. The van der Waals surface area contributed by atoms with E-state index in [-0.39, 0.29) is 55.0 Å². The fourth-order valence-electron chi connectivity index (χ4n) is 5.41. The largest absolute Gasteiger partial charge is 0.549 e. The quantitative estimate of drug-likeness (QED) is 0.0625. The normalized spacial score (nSPS) is 12.8. The maximum Gasteiger partial charge on any atom is 0.295 e. The molecule has 1 saturated heterocycles. The number of likely N-dealkylation sites (tertiary alicyclic amines) is 1. The van der Waals surface area contributed by atoms with Gasteiger partial charge in [0.1, 0.15) is 21.3 Å². The number of Topliss-reactive ketones (excluding diaryl/α,β-unsaturated/α-hetero) is 1. The summed E-state index contributed by atoms with van der Waals surface area (Å²) in [5, 5.41) is 10.6. The maximum absolute atomic E-state index is 13.4. The molecule has 279 valence electrons. The number of amides is 2. The first-order valence-corrected chi connectivity index (χ1v) is 18.6. The predicted molar refractivity (Wildman–Crippen MR) is 203 cm³/mol. The molecule has 1 unspecified atom stereocenters. The van der Waals surface area contributed by atoms with Crippen LogP contribution in [-0.2, 0) is 42.2 Å². The SMILES string of the molecule is CC.CC.CCCCO[C-](C)CC.COc1cnc(-c2ncc(C(N)=O)s2)c2[nH]cc(C(=O)C(=O)N3CCC(C(C#N)c4ccccc4)CC3)c12.[Y]. The standard InChI is InChI=1S/C27H24N6O4S.C8H17O.2C2H6.Y/c1-37-19-13-31-23(26-32-14-20(38-26)25(29)35)22-21(19)18(12-30-22)24(34)27(36)33-9-7-16(8-10-33)17(11-28)15-5-3-2-4-6-15;1-4-6-7-9-8(3)5-2;2*1-2;/h2-6,12-14,16-17,30H,7-10H2,1H3,(H2,29,35);4-7H2,1-3H3;2*1-2H3;/q;-1;;;. The Morgan fingerprint density at radius 2 is 1.75 bits per heavy atom. The van der Waals surface area contributed by atoms with E-state index in [4.69, 9.17) is 15.2 Å². The molecular weight excluding hydrogens is 753 g/mol. The number of benzene rings is 1. The average Bonchev–Trinajstić information content (AvgIpc) is 3.86. The van der Waals surface area contributed by atoms with Crippen molar-refractivity contribution >= 4 is 39.8 Å². The zero-order valence-corrected chi connectivity index (χ0v) is 35.5. The molecule has 3 aromatic heterocycles. The molecule has 0 aliphatic carbocycles. The van der Waals surface area contributed by atoms with Crippen LogP contribution in [0.2, 0.25) is 0 Å². The number of piperidine rings is 1. The van der Waals surface area contributed by atoms with Crippen LogP contribution < -0.4 is 10.5 Å². The minimum absolute atomic E-state index is 0. The first kappa shape index (κ1) is 46.5. The van der Waals surface area contributed by atoms with Crippen molar-refractivity contribution in [1.29, 1.82) is 5.26 Å². The third kappa shape index (κ3) is 12.3. The zero-order chi connectivity index (χ0) is 37.9. The van der Waals surface area contributed by atoms with E-state index < -0.39 is 17.6 Å². The summed E-state index contributed by atoms with van der Waals surface area (Å²) >= 11 is 1.08. The van der Waals surface area contributed by atoms with Gasteiger partial charge in [-0.3, -0.25) is 14.4 Å². The molecule has 4 aromatic rings. The number of unbranched alkanes of at least 4 members (excludes halogenated alkanes) is 1. The van der Waals surface area contributed by atoms with Crippen molar-refractivity contribution in [2.45, 2.75) is 86.5 Å². The van der Waals surface area contributed by atoms with E-state index in [0.29, 0.717) is 53.3 Å². The number of carbonyl (C=O) groups excluding carboxylic acids is 3. The number of hydrogen-bond donors (Lipinski definition) is 2. The van der Waals surface area contributed by atoms with Crippen molar-refractivity contribution in [3.63, 3.8) is 0 Å². The first-order valence-electron chi connectivity index (χ1n) is 17.8. The van der Waals surface area contributed by atoms with Crippen molar-refractivity contribution in [1.82, 2.24) is 19.9 Å². The number of fused-ring (bicyclic) bond motifs is 1. The van der Waals surface area contributed by atoms with Crippen LogP contribution in [0.3, 0.4) is 0 Å². The number of H-pyrrole nitrogens is 1. The molecule has 3 N–H and O–H groups in total. The summed E-state index contributed by atoms with van der Waals surface area (Å²) in [6, 6.07) is 12.1. The summed E-state index contributed by atoms with van der Waals surface area (Å²) in [6.45, 7) is 16.0. The molecule has 1 aliphatic rings. The van der Waals surface area contributed by atoms with Crippen LogP contribution >= 0.6 is 11.3 Å². The summed E-state index contributed by atoms with van der Waals surface area (Å²) in [7, 11) is 1.46. The number of thiazole rings is 1. The van der Waals surface area contributed by atoms with Crippen molar-refractivity contribution < 1.29 is 56.6 Å². The molecule has 1 aliphatic heterocycles. The topological polar surface area (TPSA) is 164 Å². The molecule has 0 saturated carbocycles. The number of rotatable bonds is 12. The molecule has 2 amide bonds.